The summed E-state index contributed by atoms with van der Waals surface area (Å²) in [5, 5.41) is 0. The summed E-state index contributed by atoms with van der Waals surface area (Å²) in [6.45, 7) is 7.12. The summed E-state index contributed by atoms with van der Waals surface area (Å²) in [7, 11) is 0. The third kappa shape index (κ3) is 4.01. The first kappa shape index (κ1) is 13.3. The van der Waals surface area contributed by atoms with Gasteiger partial charge in [-0.1, -0.05) is 27.2 Å². The van der Waals surface area contributed by atoms with Crippen molar-refractivity contribution in [3.05, 3.63) is 23.4 Å². The van der Waals surface area contributed by atoms with E-state index in [9.17, 15) is 0 Å². The molecular weight excluding hydrogens is 222 g/mol. The highest BCUT2D eigenvalue weighted by Gasteiger charge is 2.06. The number of hydrogen-bond donors (Lipinski definition) is 0. The standard InChI is InChI=1S/C13H20ClNO/c1-4-5-6-16-13-8-11(9-14)7-12(15-13)10(2)3/h7-8,10H,4-6,9H2,1-3H3. The molecule has 0 aliphatic heterocycles. The third-order valence-electron chi connectivity index (χ3n) is 2.38. The van der Waals surface area contributed by atoms with Gasteiger partial charge in [0.1, 0.15) is 0 Å². The Balaban J connectivity index is 2.78. The van der Waals surface area contributed by atoms with Gasteiger partial charge in [0.15, 0.2) is 0 Å². The molecule has 0 spiro atoms. The molecule has 0 radical (unpaired) electrons. The van der Waals surface area contributed by atoms with E-state index in [1.807, 2.05) is 12.1 Å². The van der Waals surface area contributed by atoms with Crippen molar-refractivity contribution in [3.8, 4) is 5.88 Å². The maximum atomic E-state index is 5.85. The molecule has 2 nitrogen and oxygen atoms in total. The molecule has 0 amide bonds. The van der Waals surface area contributed by atoms with Gasteiger partial charge in [0.25, 0.3) is 0 Å². The Morgan fingerprint density at radius 1 is 1.38 bits per heavy atom. The molecule has 1 aromatic heterocycles. The van der Waals surface area contributed by atoms with Crippen LogP contribution in [0.15, 0.2) is 12.1 Å². The lowest BCUT2D eigenvalue weighted by Gasteiger charge is -2.10. The highest BCUT2D eigenvalue weighted by atomic mass is 35.5. The van der Waals surface area contributed by atoms with E-state index in [0.717, 1.165) is 30.7 Å². The van der Waals surface area contributed by atoms with Crippen LogP contribution in [0.3, 0.4) is 0 Å². The first-order chi connectivity index (χ1) is 7.67. The van der Waals surface area contributed by atoms with E-state index in [1.54, 1.807) is 0 Å². The Labute approximate surface area is 103 Å². The lowest BCUT2D eigenvalue weighted by Crippen LogP contribution is -2.02. The van der Waals surface area contributed by atoms with Gasteiger partial charge in [0, 0.05) is 17.6 Å². The molecule has 0 N–H and O–H groups in total. The topological polar surface area (TPSA) is 22.1 Å². The summed E-state index contributed by atoms with van der Waals surface area (Å²) in [6, 6.07) is 3.97. The Morgan fingerprint density at radius 2 is 2.12 bits per heavy atom. The Kier molecular flexibility index (Phi) is 5.61. The zero-order valence-electron chi connectivity index (χ0n) is 10.3. The summed E-state index contributed by atoms with van der Waals surface area (Å²) in [4.78, 5) is 4.47. The second kappa shape index (κ2) is 6.74. The molecule has 0 saturated heterocycles. The van der Waals surface area contributed by atoms with Crippen LogP contribution in [0.5, 0.6) is 5.88 Å². The number of ether oxygens (including phenoxy) is 1. The molecule has 1 heterocycles. The number of nitrogens with zero attached hydrogens (tertiary/aromatic N) is 1. The minimum Gasteiger partial charge on any atom is -0.478 e. The fraction of sp³-hybridized carbons (Fsp3) is 0.615. The van der Waals surface area contributed by atoms with Crippen LogP contribution in [0.25, 0.3) is 0 Å². The molecule has 0 aromatic carbocycles. The van der Waals surface area contributed by atoms with Crippen molar-refractivity contribution in [2.75, 3.05) is 6.61 Å². The summed E-state index contributed by atoms with van der Waals surface area (Å²) in [5.41, 5.74) is 2.12. The van der Waals surface area contributed by atoms with Gasteiger partial charge in [-0.2, -0.15) is 0 Å². The normalized spacial score (nSPS) is 10.8. The van der Waals surface area contributed by atoms with Gasteiger partial charge in [0.05, 0.1) is 6.61 Å². The first-order valence-electron chi connectivity index (χ1n) is 5.87. The van der Waals surface area contributed by atoms with Gasteiger partial charge in [-0.15, -0.1) is 11.6 Å². The van der Waals surface area contributed by atoms with Gasteiger partial charge in [-0.05, 0) is 24.0 Å². The van der Waals surface area contributed by atoms with Crippen LogP contribution in [0.1, 0.15) is 50.8 Å². The predicted octanol–water partition coefficient (Wildman–Crippen LogP) is 4.12. The van der Waals surface area contributed by atoms with Gasteiger partial charge in [0.2, 0.25) is 5.88 Å². The van der Waals surface area contributed by atoms with Crippen molar-refractivity contribution in [1.82, 2.24) is 4.98 Å². The Bertz CT molecular complexity index is 326. The lowest BCUT2D eigenvalue weighted by atomic mass is 10.1. The number of unbranched alkanes of at least 4 members (excludes halogenated alkanes) is 1. The van der Waals surface area contributed by atoms with Crippen LogP contribution in [-0.2, 0) is 5.88 Å². The van der Waals surface area contributed by atoms with E-state index < -0.39 is 0 Å². The van der Waals surface area contributed by atoms with Crippen molar-refractivity contribution < 1.29 is 4.74 Å². The average Bonchev–Trinajstić information content (AvgIpc) is 2.29. The van der Waals surface area contributed by atoms with E-state index in [-0.39, 0.29) is 0 Å². The molecule has 0 unspecified atom stereocenters. The number of halogens is 1. The molecule has 3 heteroatoms. The van der Waals surface area contributed by atoms with Crippen molar-refractivity contribution in [2.24, 2.45) is 0 Å². The van der Waals surface area contributed by atoms with Crippen LogP contribution in [-0.4, -0.2) is 11.6 Å². The monoisotopic (exact) mass is 241 g/mol. The molecule has 16 heavy (non-hydrogen) atoms. The summed E-state index contributed by atoms with van der Waals surface area (Å²) in [5.74, 6) is 1.61. The second-order valence-corrected chi connectivity index (χ2v) is 4.50. The summed E-state index contributed by atoms with van der Waals surface area (Å²) in [6.07, 6.45) is 2.19. The van der Waals surface area contributed by atoms with Crippen LogP contribution >= 0.6 is 11.6 Å². The maximum Gasteiger partial charge on any atom is 0.213 e. The minimum atomic E-state index is 0.400. The van der Waals surface area contributed by atoms with Gasteiger partial charge in [-0.25, -0.2) is 4.98 Å². The fourth-order valence-corrected chi connectivity index (χ4v) is 1.50. The molecule has 0 saturated carbocycles. The SMILES string of the molecule is CCCCOc1cc(CCl)cc(C(C)C)n1. The van der Waals surface area contributed by atoms with Crippen molar-refractivity contribution in [3.63, 3.8) is 0 Å². The molecule has 90 valence electrons. The van der Waals surface area contributed by atoms with E-state index in [1.165, 1.54) is 0 Å². The number of alkyl halides is 1. The highest BCUT2D eigenvalue weighted by molar-refractivity contribution is 6.17. The number of aromatic nitrogens is 1. The van der Waals surface area contributed by atoms with Crippen molar-refractivity contribution >= 4 is 11.6 Å². The number of pyridine rings is 1. The van der Waals surface area contributed by atoms with E-state index in [4.69, 9.17) is 16.3 Å². The van der Waals surface area contributed by atoms with Crippen LogP contribution in [0.4, 0.5) is 0 Å². The summed E-state index contributed by atoms with van der Waals surface area (Å²) >= 11 is 5.85. The molecule has 0 atom stereocenters. The second-order valence-electron chi connectivity index (χ2n) is 4.23. The predicted molar refractivity (Wildman–Crippen MR) is 68.3 cm³/mol. The highest BCUT2D eigenvalue weighted by Crippen LogP contribution is 2.20. The van der Waals surface area contributed by atoms with Crippen molar-refractivity contribution in [1.29, 1.82) is 0 Å². The van der Waals surface area contributed by atoms with E-state index in [0.29, 0.717) is 17.7 Å². The van der Waals surface area contributed by atoms with Gasteiger partial charge < -0.3 is 4.74 Å². The minimum absolute atomic E-state index is 0.400. The van der Waals surface area contributed by atoms with Gasteiger partial charge in [-0.3, -0.25) is 0 Å². The van der Waals surface area contributed by atoms with Crippen LogP contribution in [0, 0.1) is 0 Å². The molecule has 0 aliphatic carbocycles. The maximum absolute atomic E-state index is 5.85. The first-order valence-corrected chi connectivity index (χ1v) is 6.40. The van der Waals surface area contributed by atoms with Gasteiger partial charge >= 0.3 is 0 Å². The molecule has 1 rings (SSSR count). The molecular formula is C13H20ClNO. The molecule has 0 bridgehead atoms. The van der Waals surface area contributed by atoms with Crippen molar-refractivity contribution in [2.45, 2.75) is 45.4 Å². The van der Waals surface area contributed by atoms with E-state index >= 15 is 0 Å². The molecule has 1 aromatic rings. The van der Waals surface area contributed by atoms with E-state index in [2.05, 4.69) is 25.8 Å². The molecule has 0 fully saturated rings. The Hall–Kier alpha value is -0.760. The third-order valence-corrected chi connectivity index (χ3v) is 2.68. The summed E-state index contributed by atoms with van der Waals surface area (Å²) < 4.78 is 5.61. The number of rotatable bonds is 6. The quantitative estimate of drug-likeness (QED) is 0.552. The largest absolute Gasteiger partial charge is 0.478 e. The smallest absolute Gasteiger partial charge is 0.213 e. The van der Waals surface area contributed by atoms with Crippen LogP contribution in [0.2, 0.25) is 0 Å². The lowest BCUT2D eigenvalue weighted by molar-refractivity contribution is 0.296. The zero-order chi connectivity index (χ0) is 12.0. The average molecular weight is 242 g/mol. The molecule has 0 aliphatic rings. The number of hydrogen-bond acceptors (Lipinski definition) is 2. The zero-order valence-corrected chi connectivity index (χ0v) is 11.0. The fourth-order valence-electron chi connectivity index (χ4n) is 1.35. The van der Waals surface area contributed by atoms with Crippen LogP contribution < -0.4 is 4.74 Å². The Morgan fingerprint density at radius 3 is 2.69 bits per heavy atom.